The number of aromatic nitrogens is 2. The number of hydrogen-bond donors (Lipinski definition) is 2. The highest BCUT2D eigenvalue weighted by Crippen LogP contribution is 2.24. The fraction of sp³-hybridized carbons (Fsp3) is 0.438. The minimum atomic E-state index is -1.03. The topological polar surface area (TPSA) is 50.1 Å². The highest BCUT2D eigenvalue weighted by atomic mass is 32.2. The molecule has 0 saturated heterocycles. The van der Waals surface area contributed by atoms with Crippen LogP contribution in [0.15, 0.2) is 35.5 Å². The lowest BCUT2D eigenvalue weighted by Gasteiger charge is -2.25. The molecule has 1 aromatic heterocycles. The van der Waals surface area contributed by atoms with E-state index in [1.165, 1.54) is 11.8 Å². The number of aliphatic hydroxyl groups is 1. The first kappa shape index (κ1) is 17.0. The maximum Gasteiger partial charge on any atom is 0.137 e. The Labute approximate surface area is 134 Å². The number of nitrogens with one attached hydrogen (secondary N) is 1. The molecule has 120 valence electrons. The van der Waals surface area contributed by atoms with Crippen molar-refractivity contribution >= 4 is 11.8 Å². The molecule has 4 nitrogen and oxygen atoms in total. The summed E-state index contributed by atoms with van der Waals surface area (Å²) in [6.45, 7) is 4.04. The van der Waals surface area contributed by atoms with E-state index in [4.69, 9.17) is 0 Å². The summed E-state index contributed by atoms with van der Waals surface area (Å²) < 4.78 is 15.5. The Morgan fingerprint density at radius 2 is 2.23 bits per heavy atom. The van der Waals surface area contributed by atoms with E-state index in [1.54, 1.807) is 36.1 Å². The molecule has 0 spiro atoms. The van der Waals surface area contributed by atoms with Crippen molar-refractivity contribution in [3.05, 3.63) is 47.5 Å². The smallest absolute Gasteiger partial charge is 0.137 e. The van der Waals surface area contributed by atoms with Gasteiger partial charge in [-0.2, -0.15) is 5.10 Å². The molecular formula is C16H22FN3OS. The molecule has 0 aliphatic heterocycles. The van der Waals surface area contributed by atoms with Crippen molar-refractivity contribution < 1.29 is 9.50 Å². The van der Waals surface area contributed by atoms with E-state index < -0.39 is 5.60 Å². The predicted molar refractivity (Wildman–Crippen MR) is 87.4 cm³/mol. The fourth-order valence-corrected chi connectivity index (χ4v) is 2.68. The van der Waals surface area contributed by atoms with Crippen molar-refractivity contribution in [1.29, 1.82) is 0 Å². The van der Waals surface area contributed by atoms with Gasteiger partial charge in [0.05, 0.1) is 6.20 Å². The zero-order valence-corrected chi connectivity index (χ0v) is 14.1. The van der Waals surface area contributed by atoms with Crippen LogP contribution in [0.3, 0.4) is 0 Å². The van der Waals surface area contributed by atoms with Crippen LogP contribution in [-0.2, 0) is 12.6 Å². The lowest BCUT2D eigenvalue weighted by Crippen LogP contribution is -2.36. The molecule has 0 aliphatic carbocycles. The number of rotatable bonds is 6. The van der Waals surface area contributed by atoms with Crippen LogP contribution < -0.4 is 5.32 Å². The quantitative estimate of drug-likeness (QED) is 0.803. The van der Waals surface area contributed by atoms with Gasteiger partial charge in [0, 0.05) is 36.3 Å². The molecule has 2 atom stereocenters. The molecule has 0 bridgehead atoms. The summed E-state index contributed by atoms with van der Waals surface area (Å²) in [7, 11) is 1.81. The van der Waals surface area contributed by atoms with Gasteiger partial charge in [0.25, 0.3) is 0 Å². The van der Waals surface area contributed by atoms with Crippen molar-refractivity contribution in [2.75, 3.05) is 12.8 Å². The van der Waals surface area contributed by atoms with Gasteiger partial charge in [0.1, 0.15) is 11.4 Å². The summed E-state index contributed by atoms with van der Waals surface area (Å²) in [5.41, 5.74) is 0.580. The van der Waals surface area contributed by atoms with Crippen LogP contribution in [-0.4, -0.2) is 27.7 Å². The first-order valence-corrected chi connectivity index (χ1v) is 8.34. The van der Waals surface area contributed by atoms with Gasteiger partial charge < -0.3 is 10.4 Å². The van der Waals surface area contributed by atoms with Gasteiger partial charge in [-0.3, -0.25) is 4.68 Å². The third kappa shape index (κ3) is 3.88. The predicted octanol–water partition coefficient (Wildman–Crippen LogP) is 2.84. The van der Waals surface area contributed by atoms with Crippen molar-refractivity contribution in [3.8, 4) is 0 Å². The lowest BCUT2D eigenvalue weighted by atomic mass is 9.98. The SMILES string of the molecule is CSc1ccc(C(C)NCC(C)(O)c2cnn(C)c2)cc1F. The maximum absolute atomic E-state index is 13.8. The van der Waals surface area contributed by atoms with Crippen LogP contribution in [0.2, 0.25) is 0 Å². The number of hydrogen-bond acceptors (Lipinski definition) is 4. The minimum Gasteiger partial charge on any atom is -0.384 e. The Morgan fingerprint density at radius 1 is 1.50 bits per heavy atom. The van der Waals surface area contributed by atoms with Crippen LogP contribution in [0.4, 0.5) is 4.39 Å². The van der Waals surface area contributed by atoms with Crippen LogP contribution in [0.25, 0.3) is 0 Å². The zero-order chi connectivity index (χ0) is 16.3. The Bertz CT molecular complexity index is 642. The molecule has 6 heteroatoms. The number of thioether (sulfide) groups is 1. The van der Waals surface area contributed by atoms with E-state index in [2.05, 4.69) is 10.4 Å². The average Bonchev–Trinajstić information content (AvgIpc) is 2.92. The van der Waals surface area contributed by atoms with Crippen molar-refractivity contribution in [2.24, 2.45) is 7.05 Å². The number of nitrogens with zero attached hydrogens (tertiary/aromatic N) is 2. The van der Waals surface area contributed by atoms with Crippen molar-refractivity contribution in [1.82, 2.24) is 15.1 Å². The third-order valence-corrected chi connectivity index (χ3v) is 4.53. The Balaban J connectivity index is 2.03. The Morgan fingerprint density at radius 3 is 2.77 bits per heavy atom. The molecule has 2 rings (SSSR count). The highest BCUT2D eigenvalue weighted by molar-refractivity contribution is 7.98. The molecule has 2 N–H and O–H groups in total. The number of benzene rings is 1. The minimum absolute atomic E-state index is 0.0615. The molecule has 0 fully saturated rings. The summed E-state index contributed by atoms with van der Waals surface area (Å²) in [4.78, 5) is 0.637. The summed E-state index contributed by atoms with van der Waals surface area (Å²) >= 11 is 1.39. The molecule has 0 saturated carbocycles. The van der Waals surface area contributed by atoms with E-state index in [0.717, 1.165) is 11.1 Å². The molecular weight excluding hydrogens is 301 g/mol. The van der Waals surface area contributed by atoms with Gasteiger partial charge >= 0.3 is 0 Å². The molecule has 0 radical (unpaired) electrons. The highest BCUT2D eigenvalue weighted by Gasteiger charge is 2.25. The molecule has 2 unspecified atom stereocenters. The van der Waals surface area contributed by atoms with Gasteiger partial charge in [-0.25, -0.2) is 4.39 Å². The van der Waals surface area contributed by atoms with Crippen molar-refractivity contribution in [3.63, 3.8) is 0 Å². The maximum atomic E-state index is 13.8. The standard InChI is InChI=1S/C16H22FN3OS/c1-11(12-5-6-15(22-4)14(17)7-12)18-10-16(2,21)13-8-19-20(3)9-13/h5-9,11,18,21H,10H2,1-4H3. The molecule has 1 aromatic carbocycles. The van der Waals surface area contributed by atoms with E-state index >= 15 is 0 Å². The normalized spacial score (nSPS) is 15.5. The number of aryl methyl sites for hydroxylation is 1. The second-order valence-electron chi connectivity index (χ2n) is 5.67. The second kappa shape index (κ2) is 6.81. The van der Waals surface area contributed by atoms with Gasteiger partial charge in [-0.1, -0.05) is 6.07 Å². The van der Waals surface area contributed by atoms with E-state index in [9.17, 15) is 9.50 Å². The Hall–Kier alpha value is -1.37. The van der Waals surface area contributed by atoms with Crippen molar-refractivity contribution in [2.45, 2.75) is 30.4 Å². The van der Waals surface area contributed by atoms with Crippen LogP contribution in [0.1, 0.15) is 31.0 Å². The first-order chi connectivity index (χ1) is 10.3. The summed E-state index contributed by atoms with van der Waals surface area (Å²) in [6.07, 6.45) is 5.30. The number of halogens is 1. The van der Waals surface area contributed by atoms with E-state index in [-0.39, 0.29) is 11.9 Å². The van der Waals surface area contributed by atoms with E-state index in [1.807, 2.05) is 26.3 Å². The van der Waals surface area contributed by atoms with Gasteiger partial charge in [-0.15, -0.1) is 11.8 Å². The monoisotopic (exact) mass is 323 g/mol. The third-order valence-electron chi connectivity index (χ3n) is 3.76. The van der Waals surface area contributed by atoms with Gasteiger partial charge in [0.2, 0.25) is 0 Å². The molecule has 1 heterocycles. The Kier molecular flexibility index (Phi) is 5.26. The van der Waals surface area contributed by atoms with Crippen LogP contribution in [0.5, 0.6) is 0 Å². The molecule has 22 heavy (non-hydrogen) atoms. The largest absolute Gasteiger partial charge is 0.384 e. The average molecular weight is 323 g/mol. The molecule has 0 aliphatic rings. The fourth-order valence-electron chi connectivity index (χ4n) is 2.22. The second-order valence-corrected chi connectivity index (χ2v) is 6.52. The van der Waals surface area contributed by atoms with Crippen LogP contribution in [0, 0.1) is 5.82 Å². The summed E-state index contributed by atoms with van der Waals surface area (Å²) in [5.74, 6) is -0.210. The van der Waals surface area contributed by atoms with Gasteiger partial charge in [-0.05, 0) is 37.8 Å². The van der Waals surface area contributed by atoms with Crippen LogP contribution >= 0.6 is 11.8 Å². The molecule has 2 aromatic rings. The summed E-state index contributed by atoms with van der Waals surface area (Å²) in [6, 6.07) is 5.18. The van der Waals surface area contributed by atoms with Gasteiger partial charge in [0.15, 0.2) is 0 Å². The first-order valence-electron chi connectivity index (χ1n) is 7.12. The summed E-state index contributed by atoms with van der Waals surface area (Å²) in [5, 5.41) is 17.9. The van der Waals surface area contributed by atoms with E-state index in [0.29, 0.717) is 11.4 Å². The molecule has 0 amide bonds. The zero-order valence-electron chi connectivity index (χ0n) is 13.3. The lowest BCUT2D eigenvalue weighted by molar-refractivity contribution is 0.0543.